The number of nitrogens with one attached hydrogen (secondary N) is 1. The first-order valence-corrected chi connectivity index (χ1v) is 12.5. The summed E-state index contributed by atoms with van der Waals surface area (Å²) in [5.41, 5.74) is 0.440. The van der Waals surface area contributed by atoms with Crippen LogP contribution in [0.5, 0.6) is 11.5 Å². The third-order valence-corrected chi connectivity index (χ3v) is 8.10. The highest BCUT2D eigenvalue weighted by molar-refractivity contribution is 7.89. The Bertz CT molecular complexity index is 1170. The van der Waals surface area contributed by atoms with Gasteiger partial charge in [-0.05, 0) is 37.1 Å². The fraction of sp³-hybridized carbons (Fsp3) is 0.455. The van der Waals surface area contributed by atoms with E-state index in [9.17, 15) is 18.5 Å². The highest BCUT2D eigenvalue weighted by atomic mass is 32.2. The zero-order chi connectivity index (χ0) is 23.1. The Hall–Kier alpha value is -2.89. The molecule has 2 aromatic rings. The number of ether oxygens (including phenoxy) is 3. The highest BCUT2D eigenvalue weighted by Crippen LogP contribution is 2.47. The van der Waals surface area contributed by atoms with E-state index in [0.29, 0.717) is 30.4 Å². The van der Waals surface area contributed by atoms with E-state index in [-0.39, 0.29) is 29.4 Å². The van der Waals surface area contributed by atoms with Gasteiger partial charge in [0.1, 0.15) is 5.69 Å². The third kappa shape index (κ3) is 4.23. The van der Waals surface area contributed by atoms with E-state index in [1.54, 1.807) is 18.2 Å². The Morgan fingerprint density at radius 2 is 1.70 bits per heavy atom. The summed E-state index contributed by atoms with van der Waals surface area (Å²) in [5, 5.41) is 14.8. The number of nitrogens with zero attached hydrogens (tertiary/aromatic N) is 2. The fourth-order valence-electron chi connectivity index (χ4n) is 4.49. The highest BCUT2D eigenvalue weighted by Gasteiger charge is 2.42. The average Bonchev–Trinajstić information content (AvgIpc) is 3.16. The molecule has 10 nitrogen and oxygen atoms in total. The molecule has 1 N–H and O–H groups in total. The lowest BCUT2D eigenvalue weighted by molar-refractivity contribution is -0.384. The van der Waals surface area contributed by atoms with E-state index in [1.165, 1.54) is 22.9 Å². The van der Waals surface area contributed by atoms with Crippen LogP contribution in [0.2, 0.25) is 0 Å². The predicted octanol–water partition coefficient (Wildman–Crippen LogP) is 3.79. The molecule has 3 aliphatic rings. The lowest BCUT2D eigenvalue weighted by Gasteiger charge is -2.31. The maximum Gasteiger partial charge on any atom is 0.294 e. The Balaban J connectivity index is 1.39. The number of benzene rings is 2. The minimum absolute atomic E-state index is 0.119. The Labute approximate surface area is 191 Å². The third-order valence-electron chi connectivity index (χ3n) is 6.20. The summed E-state index contributed by atoms with van der Waals surface area (Å²) in [5.74, 6) is 0.640. The first kappa shape index (κ1) is 21.9. The van der Waals surface area contributed by atoms with E-state index < -0.39 is 20.7 Å². The molecule has 2 aromatic carbocycles. The molecule has 1 aliphatic carbocycles. The minimum atomic E-state index is -3.85. The quantitative estimate of drug-likeness (QED) is 0.512. The topological polar surface area (TPSA) is 120 Å². The molecule has 33 heavy (non-hydrogen) atoms. The molecular formula is C22H25N3O7S. The summed E-state index contributed by atoms with van der Waals surface area (Å²) >= 11 is 0. The molecule has 2 aliphatic heterocycles. The first-order chi connectivity index (χ1) is 15.9. The SMILES string of the molecule is O=[N+]([O-])c1cc(S(=O)(=O)N2CCOCC2)ccc1Nc1ccc2c(c1)OC1(CCCCC1)O2. The number of rotatable bonds is 5. The monoisotopic (exact) mass is 475 g/mol. The van der Waals surface area contributed by atoms with Crippen molar-refractivity contribution in [2.24, 2.45) is 0 Å². The summed E-state index contributed by atoms with van der Waals surface area (Å²) in [7, 11) is -3.85. The van der Waals surface area contributed by atoms with Crippen LogP contribution < -0.4 is 14.8 Å². The normalized spacial score (nSPS) is 20.0. The first-order valence-electron chi connectivity index (χ1n) is 11.0. The van der Waals surface area contributed by atoms with Crippen molar-refractivity contribution in [3.05, 3.63) is 46.5 Å². The molecule has 11 heteroatoms. The van der Waals surface area contributed by atoms with E-state index in [4.69, 9.17) is 14.2 Å². The molecule has 2 fully saturated rings. The minimum Gasteiger partial charge on any atom is -0.448 e. The number of nitro benzene ring substituents is 1. The zero-order valence-corrected chi connectivity index (χ0v) is 18.8. The number of fused-ring (bicyclic) bond motifs is 1. The van der Waals surface area contributed by atoms with Crippen LogP contribution in [0, 0.1) is 10.1 Å². The summed E-state index contributed by atoms with van der Waals surface area (Å²) < 4.78 is 44.5. The van der Waals surface area contributed by atoms with Gasteiger partial charge in [-0.15, -0.1) is 0 Å². The van der Waals surface area contributed by atoms with Crippen LogP contribution in [0.4, 0.5) is 17.1 Å². The van der Waals surface area contributed by atoms with Crippen LogP contribution in [-0.4, -0.2) is 49.7 Å². The second-order valence-corrected chi connectivity index (χ2v) is 10.4. The van der Waals surface area contributed by atoms with Gasteiger partial charge in [-0.3, -0.25) is 10.1 Å². The predicted molar refractivity (Wildman–Crippen MR) is 119 cm³/mol. The van der Waals surface area contributed by atoms with Crippen molar-refractivity contribution in [1.29, 1.82) is 0 Å². The van der Waals surface area contributed by atoms with Crippen molar-refractivity contribution < 1.29 is 27.6 Å². The van der Waals surface area contributed by atoms with Gasteiger partial charge in [0.25, 0.3) is 11.5 Å². The van der Waals surface area contributed by atoms with Crippen LogP contribution in [0.25, 0.3) is 0 Å². The summed E-state index contributed by atoms with van der Waals surface area (Å²) in [6.45, 7) is 1.03. The van der Waals surface area contributed by atoms with Gasteiger partial charge in [0.2, 0.25) is 10.0 Å². The van der Waals surface area contributed by atoms with Crippen molar-refractivity contribution in [3.8, 4) is 11.5 Å². The van der Waals surface area contributed by atoms with Gasteiger partial charge in [0.05, 0.1) is 23.0 Å². The molecule has 0 amide bonds. The zero-order valence-electron chi connectivity index (χ0n) is 18.0. The molecule has 2 heterocycles. The van der Waals surface area contributed by atoms with Crippen LogP contribution in [0.15, 0.2) is 41.3 Å². The number of sulfonamides is 1. The molecule has 0 atom stereocenters. The maximum atomic E-state index is 12.9. The average molecular weight is 476 g/mol. The molecule has 0 aromatic heterocycles. The molecule has 1 saturated heterocycles. The van der Waals surface area contributed by atoms with Gasteiger partial charge in [-0.2, -0.15) is 4.31 Å². The fourth-order valence-corrected chi connectivity index (χ4v) is 5.91. The number of morpholine rings is 1. The Morgan fingerprint density at radius 1 is 0.970 bits per heavy atom. The summed E-state index contributed by atoms with van der Waals surface area (Å²) in [6.07, 6.45) is 4.92. The van der Waals surface area contributed by atoms with Crippen molar-refractivity contribution in [2.45, 2.75) is 42.8 Å². The Kier molecular flexibility index (Phi) is 5.63. The van der Waals surface area contributed by atoms with Gasteiger partial charge in [-0.1, -0.05) is 6.42 Å². The number of anilines is 2. The summed E-state index contributed by atoms with van der Waals surface area (Å²) in [6, 6.07) is 9.18. The molecule has 0 bridgehead atoms. The Morgan fingerprint density at radius 3 is 2.42 bits per heavy atom. The van der Waals surface area contributed by atoms with Crippen molar-refractivity contribution in [2.75, 3.05) is 31.6 Å². The van der Waals surface area contributed by atoms with Crippen LogP contribution in [0.1, 0.15) is 32.1 Å². The molecule has 0 radical (unpaired) electrons. The number of hydrogen-bond acceptors (Lipinski definition) is 8. The van der Waals surface area contributed by atoms with Crippen molar-refractivity contribution >= 4 is 27.1 Å². The van der Waals surface area contributed by atoms with Crippen LogP contribution in [0.3, 0.4) is 0 Å². The lowest BCUT2D eigenvalue weighted by Crippen LogP contribution is -2.40. The largest absolute Gasteiger partial charge is 0.448 e. The molecule has 1 saturated carbocycles. The van der Waals surface area contributed by atoms with Gasteiger partial charge in [0, 0.05) is 43.8 Å². The maximum absolute atomic E-state index is 12.9. The van der Waals surface area contributed by atoms with Gasteiger partial charge < -0.3 is 19.5 Å². The number of hydrogen-bond donors (Lipinski definition) is 1. The molecule has 0 unspecified atom stereocenters. The second kappa shape index (κ2) is 8.47. The molecular weight excluding hydrogens is 450 g/mol. The molecule has 176 valence electrons. The molecule has 1 spiro atoms. The van der Waals surface area contributed by atoms with E-state index in [2.05, 4.69) is 5.32 Å². The van der Waals surface area contributed by atoms with E-state index >= 15 is 0 Å². The van der Waals surface area contributed by atoms with E-state index in [1.807, 2.05) is 0 Å². The number of nitro groups is 1. The lowest BCUT2D eigenvalue weighted by atomic mass is 9.94. The van der Waals surface area contributed by atoms with Gasteiger partial charge in [-0.25, -0.2) is 8.42 Å². The second-order valence-electron chi connectivity index (χ2n) is 8.41. The summed E-state index contributed by atoms with van der Waals surface area (Å²) in [4.78, 5) is 11.0. The standard InChI is InChI=1S/C22H25N3O7S/c26-25(27)19-15-17(33(28,29)24-10-12-30-13-11-24)5-6-18(19)23-16-4-7-20-21(14-16)32-22(31-20)8-2-1-3-9-22/h4-7,14-15,23H,1-3,8-13H2. The molecule has 5 rings (SSSR count). The van der Waals surface area contributed by atoms with Gasteiger partial charge >= 0.3 is 0 Å². The van der Waals surface area contributed by atoms with E-state index in [0.717, 1.165) is 31.7 Å². The van der Waals surface area contributed by atoms with Crippen molar-refractivity contribution in [1.82, 2.24) is 4.31 Å². The van der Waals surface area contributed by atoms with Crippen LogP contribution >= 0.6 is 0 Å². The smallest absolute Gasteiger partial charge is 0.294 e. The van der Waals surface area contributed by atoms with Crippen molar-refractivity contribution in [3.63, 3.8) is 0 Å². The van der Waals surface area contributed by atoms with Crippen LogP contribution in [-0.2, 0) is 14.8 Å². The van der Waals surface area contributed by atoms with Gasteiger partial charge in [0.15, 0.2) is 11.5 Å².